The van der Waals surface area contributed by atoms with Crippen molar-refractivity contribution in [1.82, 2.24) is 14.8 Å². The number of nitrogens with one attached hydrogen (secondary N) is 3. The molecule has 1 saturated heterocycles. The SMILES string of the molecule is Cc1ccc(C(=O)N2CCN(Cc3ccc(C(=N)N4C(=N)c5ccccc5Nc5ncccc54)cc3)CC2)cc1. The molecular weight excluding hydrogens is 498 g/mol. The number of hydrogen-bond donors (Lipinski definition) is 3. The van der Waals surface area contributed by atoms with E-state index in [0.717, 1.165) is 47.6 Å². The summed E-state index contributed by atoms with van der Waals surface area (Å²) >= 11 is 0. The van der Waals surface area contributed by atoms with E-state index in [9.17, 15) is 4.79 Å². The van der Waals surface area contributed by atoms with Crippen molar-refractivity contribution in [2.45, 2.75) is 13.5 Å². The van der Waals surface area contributed by atoms with E-state index in [1.165, 1.54) is 0 Å². The molecule has 1 fully saturated rings. The Kier molecular flexibility index (Phi) is 6.84. The van der Waals surface area contributed by atoms with E-state index in [2.05, 4.69) is 15.2 Å². The molecule has 1 amide bonds. The zero-order chi connectivity index (χ0) is 27.6. The lowest BCUT2D eigenvalue weighted by Gasteiger charge is -2.35. The quantitative estimate of drug-likeness (QED) is 0.247. The zero-order valence-electron chi connectivity index (χ0n) is 22.4. The van der Waals surface area contributed by atoms with Crippen molar-refractivity contribution >= 4 is 34.8 Å². The Labute approximate surface area is 233 Å². The van der Waals surface area contributed by atoms with Crippen LogP contribution in [0, 0.1) is 17.7 Å². The second kappa shape index (κ2) is 10.7. The Bertz CT molecular complexity index is 1570. The molecule has 4 aromatic rings. The van der Waals surface area contributed by atoms with Crippen LogP contribution in [0.25, 0.3) is 0 Å². The standard InChI is InChI=1S/C32H31N7O/c1-22-8-12-25(13-9-22)32(40)38-19-17-37(18-20-38)21-23-10-14-24(15-11-23)29(33)39-28-7-4-16-35-31(28)36-27-6-3-2-5-26(27)30(39)34/h2-16,33-34H,17-21H2,1H3,(H,35,36). The minimum atomic E-state index is 0.0937. The Morgan fingerprint density at radius 3 is 2.33 bits per heavy atom. The van der Waals surface area contributed by atoms with Crippen LogP contribution in [-0.4, -0.2) is 58.5 Å². The molecule has 0 spiro atoms. The fraction of sp³-hybridized carbons (Fsp3) is 0.188. The first-order valence-corrected chi connectivity index (χ1v) is 13.4. The minimum Gasteiger partial charge on any atom is -0.338 e. The molecular formula is C32H31N7O. The van der Waals surface area contributed by atoms with Crippen molar-refractivity contribution in [2.75, 3.05) is 36.4 Å². The highest BCUT2D eigenvalue weighted by Gasteiger charge is 2.28. The number of anilines is 3. The number of hydrogen-bond acceptors (Lipinski definition) is 6. The van der Waals surface area contributed by atoms with Crippen LogP contribution in [-0.2, 0) is 6.54 Å². The number of para-hydroxylation sites is 1. The maximum atomic E-state index is 12.9. The number of amidine groups is 2. The predicted octanol–water partition coefficient (Wildman–Crippen LogP) is 5.26. The molecule has 8 heteroatoms. The van der Waals surface area contributed by atoms with Crippen LogP contribution in [0.4, 0.5) is 17.2 Å². The first-order valence-electron chi connectivity index (χ1n) is 13.4. The summed E-state index contributed by atoms with van der Waals surface area (Å²) in [6, 6.07) is 27.1. The summed E-state index contributed by atoms with van der Waals surface area (Å²) in [5.74, 6) is 1.14. The first-order chi connectivity index (χ1) is 19.5. The molecule has 40 heavy (non-hydrogen) atoms. The number of aromatic nitrogens is 1. The normalized spacial score (nSPS) is 15.1. The highest BCUT2D eigenvalue weighted by atomic mass is 16.2. The molecule has 0 bridgehead atoms. The maximum absolute atomic E-state index is 12.9. The van der Waals surface area contributed by atoms with Crippen LogP contribution in [0.3, 0.4) is 0 Å². The Morgan fingerprint density at radius 1 is 0.875 bits per heavy atom. The second-order valence-electron chi connectivity index (χ2n) is 10.2. The molecule has 0 atom stereocenters. The molecule has 6 rings (SSSR count). The molecule has 200 valence electrons. The number of benzene rings is 3. The molecule has 2 aliphatic rings. The lowest BCUT2D eigenvalue weighted by molar-refractivity contribution is 0.0628. The van der Waals surface area contributed by atoms with Gasteiger partial charge < -0.3 is 10.2 Å². The van der Waals surface area contributed by atoms with Gasteiger partial charge in [0, 0.05) is 55.6 Å². The van der Waals surface area contributed by atoms with Gasteiger partial charge in [0.25, 0.3) is 5.91 Å². The van der Waals surface area contributed by atoms with Gasteiger partial charge in [-0.15, -0.1) is 0 Å². The van der Waals surface area contributed by atoms with E-state index in [-0.39, 0.29) is 17.6 Å². The lowest BCUT2D eigenvalue weighted by Crippen LogP contribution is -2.48. The Balaban J connectivity index is 1.13. The average Bonchev–Trinajstić information content (AvgIpc) is 3.11. The van der Waals surface area contributed by atoms with E-state index < -0.39 is 0 Å². The summed E-state index contributed by atoms with van der Waals surface area (Å²) in [7, 11) is 0. The van der Waals surface area contributed by atoms with E-state index in [4.69, 9.17) is 10.8 Å². The van der Waals surface area contributed by atoms with Gasteiger partial charge >= 0.3 is 0 Å². The molecule has 0 saturated carbocycles. The topological polar surface area (TPSA) is 99.4 Å². The highest BCUT2D eigenvalue weighted by molar-refractivity contribution is 6.30. The van der Waals surface area contributed by atoms with Gasteiger partial charge in [-0.25, -0.2) is 4.98 Å². The van der Waals surface area contributed by atoms with Gasteiger partial charge in [0.2, 0.25) is 0 Å². The monoisotopic (exact) mass is 529 g/mol. The number of pyridine rings is 1. The maximum Gasteiger partial charge on any atom is 0.253 e. The van der Waals surface area contributed by atoms with Crippen molar-refractivity contribution in [3.8, 4) is 0 Å². The predicted molar refractivity (Wildman–Crippen MR) is 159 cm³/mol. The Hall–Kier alpha value is -4.82. The van der Waals surface area contributed by atoms with Crippen molar-refractivity contribution in [1.29, 1.82) is 10.8 Å². The molecule has 3 heterocycles. The molecule has 3 N–H and O–H groups in total. The van der Waals surface area contributed by atoms with Gasteiger partial charge in [-0.3, -0.25) is 25.4 Å². The summed E-state index contributed by atoms with van der Waals surface area (Å²) in [5, 5.41) is 21.4. The average molecular weight is 530 g/mol. The van der Waals surface area contributed by atoms with E-state index in [1.54, 1.807) is 11.1 Å². The van der Waals surface area contributed by atoms with Crippen LogP contribution < -0.4 is 10.2 Å². The van der Waals surface area contributed by atoms with Gasteiger partial charge in [0.1, 0.15) is 11.7 Å². The number of rotatable bonds is 4. The smallest absolute Gasteiger partial charge is 0.253 e. The van der Waals surface area contributed by atoms with E-state index >= 15 is 0 Å². The Morgan fingerprint density at radius 2 is 1.57 bits per heavy atom. The van der Waals surface area contributed by atoms with Crippen LogP contribution in [0.15, 0.2) is 91.1 Å². The van der Waals surface area contributed by atoms with Crippen LogP contribution in [0.2, 0.25) is 0 Å². The second-order valence-corrected chi connectivity index (χ2v) is 10.2. The number of carbonyl (C=O) groups is 1. The van der Waals surface area contributed by atoms with Gasteiger partial charge in [-0.1, -0.05) is 54.1 Å². The molecule has 0 aliphatic carbocycles. The molecule has 8 nitrogen and oxygen atoms in total. The summed E-state index contributed by atoms with van der Waals surface area (Å²) in [6.45, 7) is 5.84. The van der Waals surface area contributed by atoms with E-state index in [1.807, 2.05) is 96.8 Å². The molecule has 3 aromatic carbocycles. The van der Waals surface area contributed by atoms with Crippen molar-refractivity contribution in [2.24, 2.45) is 0 Å². The van der Waals surface area contributed by atoms with Crippen molar-refractivity contribution < 1.29 is 4.79 Å². The lowest BCUT2D eigenvalue weighted by atomic mass is 10.1. The third-order valence-corrected chi connectivity index (χ3v) is 7.50. The fourth-order valence-electron chi connectivity index (χ4n) is 5.22. The summed E-state index contributed by atoms with van der Waals surface area (Å²) in [5.41, 5.74) is 5.92. The summed E-state index contributed by atoms with van der Waals surface area (Å²) in [6.07, 6.45) is 1.71. The highest BCUT2D eigenvalue weighted by Crippen LogP contribution is 2.34. The third-order valence-electron chi connectivity index (χ3n) is 7.50. The number of amides is 1. The van der Waals surface area contributed by atoms with Gasteiger partial charge in [-0.2, -0.15) is 0 Å². The first kappa shape index (κ1) is 25.5. The number of piperazine rings is 1. The van der Waals surface area contributed by atoms with Crippen LogP contribution >= 0.6 is 0 Å². The van der Waals surface area contributed by atoms with Gasteiger partial charge in [0.15, 0.2) is 5.82 Å². The minimum absolute atomic E-state index is 0.0937. The summed E-state index contributed by atoms with van der Waals surface area (Å²) in [4.78, 5) is 23.3. The fourth-order valence-corrected chi connectivity index (χ4v) is 5.22. The van der Waals surface area contributed by atoms with Crippen molar-refractivity contribution in [3.63, 3.8) is 0 Å². The van der Waals surface area contributed by atoms with Crippen LogP contribution in [0.1, 0.15) is 32.6 Å². The van der Waals surface area contributed by atoms with E-state index in [0.29, 0.717) is 30.2 Å². The molecule has 0 unspecified atom stereocenters. The molecule has 1 aromatic heterocycles. The zero-order valence-corrected chi connectivity index (χ0v) is 22.4. The molecule has 2 aliphatic heterocycles. The van der Waals surface area contributed by atoms with Crippen LogP contribution in [0.5, 0.6) is 0 Å². The van der Waals surface area contributed by atoms with Gasteiger partial charge in [0.05, 0.1) is 11.4 Å². The summed E-state index contributed by atoms with van der Waals surface area (Å²) < 4.78 is 0. The largest absolute Gasteiger partial charge is 0.338 e. The van der Waals surface area contributed by atoms with Crippen molar-refractivity contribution in [3.05, 3.63) is 119 Å². The number of nitrogens with zero attached hydrogens (tertiary/aromatic N) is 4. The third kappa shape index (κ3) is 4.97. The van der Waals surface area contributed by atoms with Gasteiger partial charge in [-0.05, 0) is 48.9 Å². The number of aryl methyl sites for hydroxylation is 1. The number of carbonyl (C=O) groups excluding carboxylic acids is 1. The number of fused-ring (bicyclic) bond motifs is 2. The molecule has 0 radical (unpaired) electrons.